The van der Waals surface area contributed by atoms with Crippen LogP contribution in [0.5, 0.6) is 0 Å². The molecule has 0 aromatic carbocycles. The standard InChI is InChI=1S/C15H32O5Si/c1-13(20-21(6,7)15(2,3)4)14(8-9-16)19-12-18-11-10-17-5/h9,13-14H,8,10-12H2,1-7H3/t13-,14-/m0/s1. The fraction of sp³-hybridized carbons (Fsp3) is 0.933. The second kappa shape index (κ2) is 9.68. The first-order valence-electron chi connectivity index (χ1n) is 7.45. The third-order valence-corrected chi connectivity index (χ3v) is 8.51. The predicted molar refractivity (Wildman–Crippen MR) is 86.0 cm³/mol. The summed E-state index contributed by atoms with van der Waals surface area (Å²) in [6.45, 7) is 14.1. The molecule has 0 aliphatic rings. The second-order valence-corrected chi connectivity index (χ2v) is 11.5. The first-order chi connectivity index (χ1) is 9.65. The molecule has 0 spiro atoms. The molecule has 0 aromatic rings. The van der Waals surface area contributed by atoms with Gasteiger partial charge in [-0.25, -0.2) is 0 Å². The summed E-state index contributed by atoms with van der Waals surface area (Å²) in [5, 5.41) is 0.127. The molecule has 0 N–H and O–H groups in total. The minimum absolute atomic E-state index is 0.127. The van der Waals surface area contributed by atoms with Gasteiger partial charge in [-0.2, -0.15) is 0 Å². The van der Waals surface area contributed by atoms with Gasteiger partial charge in [-0.1, -0.05) is 20.8 Å². The maximum Gasteiger partial charge on any atom is 0.192 e. The van der Waals surface area contributed by atoms with Crippen molar-refractivity contribution in [3.05, 3.63) is 0 Å². The van der Waals surface area contributed by atoms with E-state index in [-0.39, 0.29) is 24.0 Å². The molecule has 0 bridgehead atoms. The molecule has 126 valence electrons. The van der Waals surface area contributed by atoms with Crippen molar-refractivity contribution in [2.24, 2.45) is 0 Å². The molecular formula is C15H32O5Si. The number of methoxy groups -OCH3 is 1. The smallest absolute Gasteiger partial charge is 0.192 e. The molecule has 21 heavy (non-hydrogen) atoms. The van der Waals surface area contributed by atoms with E-state index in [9.17, 15) is 4.79 Å². The summed E-state index contributed by atoms with van der Waals surface area (Å²) in [5.41, 5.74) is 0. The summed E-state index contributed by atoms with van der Waals surface area (Å²) in [6, 6.07) is 0. The Balaban J connectivity index is 4.41. The van der Waals surface area contributed by atoms with E-state index in [0.717, 1.165) is 6.29 Å². The predicted octanol–water partition coefficient (Wildman–Crippen LogP) is 2.99. The van der Waals surface area contributed by atoms with Crippen molar-refractivity contribution in [3.63, 3.8) is 0 Å². The average Bonchev–Trinajstić information content (AvgIpc) is 2.35. The Morgan fingerprint density at radius 1 is 1.19 bits per heavy atom. The van der Waals surface area contributed by atoms with Gasteiger partial charge in [-0.15, -0.1) is 0 Å². The number of carbonyl (C=O) groups is 1. The quantitative estimate of drug-likeness (QED) is 0.253. The second-order valence-electron chi connectivity index (χ2n) is 6.71. The first-order valence-corrected chi connectivity index (χ1v) is 10.4. The van der Waals surface area contributed by atoms with E-state index in [4.69, 9.17) is 18.6 Å². The lowest BCUT2D eigenvalue weighted by Gasteiger charge is -2.40. The minimum Gasteiger partial charge on any atom is -0.412 e. The molecule has 0 aromatic heterocycles. The van der Waals surface area contributed by atoms with Crippen LogP contribution in [0.1, 0.15) is 34.1 Å². The summed E-state index contributed by atoms with van der Waals surface area (Å²) in [4.78, 5) is 10.8. The van der Waals surface area contributed by atoms with Crippen LogP contribution in [0.3, 0.4) is 0 Å². The van der Waals surface area contributed by atoms with Crippen LogP contribution in [0.15, 0.2) is 0 Å². The molecule has 0 radical (unpaired) electrons. The Kier molecular flexibility index (Phi) is 9.56. The Labute approximate surface area is 130 Å². The summed E-state index contributed by atoms with van der Waals surface area (Å²) < 4.78 is 22.1. The molecule has 2 atom stereocenters. The molecule has 0 aliphatic heterocycles. The summed E-state index contributed by atoms with van der Waals surface area (Å²) in [5.74, 6) is 0. The molecule has 0 saturated heterocycles. The highest BCUT2D eigenvalue weighted by Crippen LogP contribution is 2.37. The lowest BCUT2D eigenvalue weighted by molar-refractivity contribution is -0.133. The van der Waals surface area contributed by atoms with Crippen molar-refractivity contribution in [1.82, 2.24) is 0 Å². The van der Waals surface area contributed by atoms with Crippen molar-refractivity contribution in [3.8, 4) is 0 Å². The fourth-order valence-corrected chi connectivity index (χ4v) is 2.98. The van der Waals surface area contributed by atoms with E-state index in [0.29, 0.717) is 19.6 Å². The highest BCUT2D eigenvalue weighted by atomic mass is 28.4. The van der Waals surface area contributed by atoms with E-state index in [1.54, 1.807) is 7.11 Å². The van der Waals surface area contributed by atoms with Gasteiger partial charge >= 0.3 is 0 Å². The Morgan fingerprint density at radius 3 is 2.29 bits per heavy atom. The van der Waals surface area contributed by atoms with E-state index in [2.05, 4.69) is 33.9 Å². The molecule has 0 fully saturated rings. The lowest BCUT2D eigenvalue weighted by Crippen LogP contribution is -2.46. The number of carbonyl (C=O) groups excluding carboxylic acids is 1. The van der Waals surface area contributed by atoms with Gasteiger partial charge in [0.15, 0.2) is 8.32 Å². The number of ether oxygens (including phenoxy) is 3. The van der Waals surface area contributed by atoms with Crippen LogP contribution < -0.4 is 0 Å². The van der Waals surface area contributed by atoms with Gasteiger partial charge in [0, 0.05) is 13.5 Å². The maximum absolute atomic E-state index is 10.8. The van der Waals surface area contributed by atoms with E-state index >= 15 is 0 Å². The highest BCUT2D eigenvalue weighted by molar-refractivity contribution is 6.74. The van der Waals surface area contributed by atoms with Crippen molar-refractivity contribution in [1.29, 1.82) is 0 Å². The van der Waals surface area contributed by atoms with Crippen LogP contribution >= 0.6 is 0 Å². The van der Waals surface area contributed by atoms with E-state index in [1.807, 2.05) is 6.92 Å². The normalized spacial score (nSPS) is 15.8. The molecule has 6 heteroatoms. The summed E-state index contributed by atoms with van der Waals surface area (Å²) in [6.07, 6.45) is 0.760. The van der Waals surface area contributed by atoms with Gasteiger partial charge < -0.3 is 23.4 Å². The SMILES string of the molecule is COCCOCO[C@@H](CC=O)[C@H](C)O[Si](C)(C)C(C)(C)C. The van der Waals surface area contributed by atoms with E-state index in [1.165, 1.54) is 0 Å². The van der Waals surface area contributed by atoms with E-state index < -0.39 is 8.32 Å². The molecule has 0 rings (SSSR count). The zero-order valence-corrected chi connectivity index (χ0v) is 15.6. The molecule has 5 nitrogen and oxygen atoms in total. The third-order valence-electron chi connectivity index (χ3n) is 3.94. The summed E-state index contributed by atoms with van der Waals surface area (Å²) >= 11 is 0. The monoisotopic (exact) mass is 320 g/mol. The maximum atomic E-state index is 10.8. The molecule has 0 heterocycles. The van der Waals surface area contributed by atoms with Crippen LogP contribution in [-0.2, 0) is 23.4 Å². The van der Waals surface area contributed by atoms with Gasteiger partial charge in [0.1, 0.15) is 13.1 Å². The molecule has 0 unspecified atom stereocenters. The van der Waals surface area contributed by atoms with Crippen LogP contribution in [-0.4, -0.2) is 53.9 Å². The number of hydrogen-bond acceptors (Lipinski definition) is 5. The summed E-state index contributed by atoms with van der Waals surface area (Å²) in [7, 11) is -0.257. The van der Waals surface area contributed by atoms with Gasteiger partial charge in [0.2, 0.25) is 0 Å². The minimum atomic E-state index is -1.88. The zero-order valence-electron chi connectivity index (χ0n) is 14.6. The average molecular weight is 321 g/mol. The van der Waals surface area contributed by atoms with Crippen LogP contribution in [0.25, 0.3) is 0 Å². The van der Waals surface area contributed by atoms with Crippen molar-refractivity contribution >= 4 is 14.6 Å². The molecule has 0 saturated carbocycles. The Morgan fingerprint density at radius 2 is 1.81 bits per heavy atom. The largest absolute Gasteiger partial charge is 0.412 e. The topological polar surface area (TPSA) is 54.0 Å². The third kappa shape index (κ3) is 8.06. The highest BCUT2D eigenvalue weighted by Gasteiger charge is 2.39. The van der Waals surface area contributed by atoms with Gasteiger partial charge in [0.25, 0.3) is 0 Å². The zero-order chi connectivity index (χ0) is 16.5. The molecule has 0 amide bonds. The number of hydrogen-bond donors (Lipinski definition) is 0. The molecule has 0 aliphatic carbocycles. The fourth-order valence-electron chi connectivity index (χ4n) is 1.54. The Hall–Kier alpha value is -0.273. The lowest BCUT2D eigenvalue weighted by atomic mass is 10.2. The van der Waals surface area contributed by atoms with Gasteiger partial charge in [0.05, 0.1) is 25.4 Å². The van der Waals surface area contributed by atoms with Crippen LogP contribution in [0, 0.1) is 0 Å². The molecular weight excluding hydrogens is 288 g/mol. The van der Waals surface area contributed by atoms with Crippen LogP contribution in [0.4, 0.5) is 0 Å². The Bertz CT molecular complexity index is 288. The van der Waals surface area contributed by atoms with Crippen LogP contribution in [0.2, 0.25) is 18.1 Å². The van der Waals surface area contributed by atoms with Crippen molar-refractivity contribution in [2.45, 2.75) is 64.5 Å². The van der Waals surface area contributed by atoms with Crippen molar-refractivity contribution < 1.29 is 23.4 Å². The first kappa shape index (κ1) is 20.7. The van der Waals surface area contributed by atoms with Crippen molar-refractivity contribution in [2.75, 3.05) is 27.1 Å². The van der Waals surface area contributed by atoms with Gasteiger partial charge in [-0.3, -0.25) is 0 Å². The number of aldehydes is 1. The number of rotatable bonds is 11. The van der Waals surface area contributed by atoms with Gasteiger partial charge in [-0.05, 0) is 25.1 Å².